The van der Waals surface area contributed by atoms with Gasteiger partial charge in [0.15, 0.2) is 5.78 Å². The van der Waals surface area contributed by atoms with Crippen LogP contribution in [-0.2, 0) is 7.05 Å². The highest BCUT2D eigenvalue weighted by molar-refractivity contribution is 6.22. The molecule has 1 aromatic rings. The van der Waals surface area contributed by atoms with Crippen LogP contribution in [0.1, 0.15) is 47.3 Å². The Morgan fingerprint density at radius 1 is 1.30 bits per heavy atom. The van der Waals surface area contributed by atoms with Gasteiger partial charge in [-0.15, -0.1) is 11.6 Å². The first-order chi connectivity index (χ1) is 11.1. The number of likely N-dealkylation sites (tertiary alicyclic amines) is 1. The van der Waals surface area contributed by atoms with E-state index in [1.54, 1.807) is 0 Å². The third kappa shape index (κ3) is 3.61. The van der Waals surface area contributed by atoms with Gasteiger partial charge in [0, 0.05) is 18.8 Å². The highest BCUT2D eigenvalue weighted by Crippen LogP contribution is 2.29. The van der Waals surface area contributed by atoms with E-state index in [0.29, 0.717) is 6.54 Å². The van der Waals surface area contributed by atoms with Crippen LogP contribution in [0.25, 0.3) is 5.57 Å². The lowest BCUT2D eigenvalue weighted by Gasteiger charge is -2.25. The topological polar surface area (TPSA) is 25.2 Å². The molecule has 0 amide bonds. The van der Waals surface area contributed by atoms with E-state index in [4.69, 9.17) is 11.6 Å². The van der Waals surface area contributed by atoms with Crippen molar-refractivity contribution in [3.8, 4) is 0 Å². The molecule has 2 aliphatic rings. The minimum atomic E-state index is 0.0829. The lowest BCUT2D eigenvalue weighted by atomic mass is 9.99. The Kier molecular flexibility index (Phi) is 5.08. The summed E-state index contributed by atoms with van der Waals surface area (Å²) < 4.78 is 2.07. The van der Waals surface area contributed by atoms with Crippen molar-refractivity contribution < 1.29 is 4.79 Å². The van der Waals surface area contributed by atoms with E-state index in [2.05, 4.69) is 28.5 Å². The van der Waals surface area contributed by atoms with Crippen LogP contribution < -0.4 is 0 Å². The van der Waals surface area contributed by atoms with E-state index in [1.165, 1.54) is 24.8 Å². The highest BCUT2D eigenvalue weighted by Gasteiger charge is 2.21. The maximum absolute atomic E-state index is 12.7. The summed E-state index contributed by atoms with van der Waals surface area (Å²) >= 11 is 6.12. The molecular weight excluding hydrogens is 308 g/mol. The number of hydrogen-bond donors (Lipinski definition) is 0. The number of Topliss-reactive ketones (excluding diaryl/α,β-unsaturated/α-hetero) is 1. The third-order valence-corrected chi connectivity index (χ3v) is 5.20. The number of alkyl halides is 1. The van der Waals surface area contributed by atoms with Gasteiger partial charge >= 0.3 is 0 Å². The molecular formula is C19H25ClN2O. The van der Waals surface area contributed by atoms with Crippen molar-refractivity contribution in [3.05, 3.63) is 41.2 Å². The second-order valence-corrected chi connectivity index (χ2v) is 7.22. The molecule has 1 aromatic heterocycles. The van der Waals surface area contributed by atoms with E-state index < -0.39 is 0 Å². The number of aromatic nitrogens is 1. The fraction of sp³-hybridized carbons (Fsp3) is 0.526. The minimum Gasteiger partial charge on any atom is -0.350 e. The predicted octanol–water partition coefficient (Wildman–Crippen LogP) is 3.95. The molecule has 2 heterocycles. The zero-order valence-corrected chi connectivity index (χ0v) is 14.8. The minimum absolute atomic E-state index is 0.0829. The van der Waals surface area contributed by atoms with Crippen molar-refractivity contribution >= 4 is 23.0 Å². The van der Waals surface area contributed by atoms with Crippen molar-refractivity contribution in [2.75, 3.05) is 19.6 Å². The molecule has 4 heteroatoms. The number of allylic oxidation sites excluding steroid dienone is 4. The van der Waals surface area contributed by atoms with Gasteiger partial charge in [0.1, 0.15) is 0 Å². The van der Waals surface area contributed by atoms with Crippen molar-refractivity contribution in [1.29, 1.82) is 0 Å². The first-order valence-electron chi connectivity index (χ1n) is 8.50. The molecule has 124 valence electrons. The largest absolute Gasteiger partial charge is 0.350 e. The lowest BCUT2D eigenvalue weighted by molar-refractivity contribution is 0.0915. The summed E-state index contributed by atoms with van der Waals surface area (Å²) in [6.45, 7) is 4.70. The third-order valence-electron chi connectivity index (χ3n) is 4.87. The van der Waals surface area contributed by atoms with Crippen LogP contribution in [0, 0.1) is 6.92 Å². The average Bonchev–Trinajstić information content (AvgIpc) is 2.84. The Hall–Kier alpha value is -1.32. The monoisotopic (exact) mass is 332 g/mol. The van der Waals surface area contributed by atoms with Gasteiger partial charge in [-0.2, -0.15) is 0 Å². The van der Waals surface area contributed by atoms with Gasteiger partial charge in [0.2, 0.25) is 0 Å². The molecule has 1 saturated heterocycles. The SMILES string of the molecule is Cc1c(C(=O)CN2CCCCC2)cn(C)c1C1=CCC(Cl)C=C1. The number of aryl methyl sites for hydroxylation is 1. The highest BCUT2D eigenvalue weighted by atomic mass is 35.5. The summed E-state index contributed by atoms with van der Waals surface area (Å²) in [5.74, 6) is 0.238. The summed E-state index contributed by atoms with van der Waals surface area (Å²) in [4.78, 5) is 15.0. The summed E-state index contributed by atoms with van der Waals surface area (Å²) in [6.07, 6.45) is 12.8. The Morgan fingerprint density at radius 3 is 2.70 bits per heavy atom. The maximum atomic E-state index is 12.7. The van der Waals surface area contributed by atoms with Gasteiger partial charge in [-0.25, -0.2) is 0 Å². The fourth-order valence-electron chi connectivity index (χ4n) is 3.62. The average molecular weight is 333 g/mol. The number of carbonyl (C=O) groups excluding carboxylic acids is 1. The first-order valence-corrected chi connectivity index (χ1v) is 8.94. The number of piperidine rings is 1. The van der Waals surface area contributed by atoms with Gasteiger partial charge in [-0.05, 0) is 50.4 Å². The molecule has 1 unspecified atom stereocenters. The zero-order valence-electron chi connectivity index (χ0n) is 14.0. The standard InChI is InChI=1S/C19H25ClN2O/c1-14-17(18(23)13-22-10-4-3-5-11-22)12-21(2)19(14)15-6-8-16(20)9-7-15/h6-8,12,16H,3-5,9-11,13H2,1-2H3. The van der Waals surface area contributed by atoms with Crippen molar-refractivity contribution in [2.45, 2.75) is 38.0 Å². The van der Waals surface area contributed by atoms with Gasteiger partial charge in [-0.1, -0.05) is 24.6 Å². The van der Waals surface area contributed by atoms with Crippen LogP contribution in [0.3, 0.4) is 0 Å². The van der Waals surface area contributed by atoms with Gasteiger partial charge < -0.3 is 4.57 Å². The van der Waals surface area contributed by atoms with Crippen LogP contribution in [0.4, 0.5) is 0 Å². The quantitative estimate of drug-likeness (QED) is 0.616. The van der Waals surface area contributed by atoms with Crippen LogP contribution in [0.2, 0.25) is 0 Å². The van der Waals surface area contributed by atoms with E-state index in [9.17, 15) is 4.79 Å². The number of nitrogens with zero attached hydrogens (tertiary/aromatic N) is 2. The summed E-state index contributed by atoms with van der Waals surface area (Å²) in [7, 11) is 2.02. The number of ketones is 1. The first kappa shape index (κ1) is 16.5. The Balaban J connectivity index is 1.80. The van der Waals surface area contributed by atoms with E-state index in [-0.39, 0.29) is 11.2 Å². The van der Waals surface area contributed by atoms with Crippen LogP contribution >= 0.6 is 11.6 Å². The molecule has 0 saturated carbocycles. The molecule has 3 rings (SSSR count). The van der Waals surface area contributed by atoms with Crippen LogP contribution in [0.15, 0.2) is 24.4 Å². The second kappa shape index (κ2) is 7.06. The molecule has 0 spiro atoms. The molecule has 3 nitrogen and oxygen atoms in total. The van der Waals surface area contributed by atoms with Gasteiger partial charge in [0.05, 0.1) is 17.6 Å². The zero-order chi connectivity index (χ0) is 16.4. The number of halogens is 1. The number of rotatable bonds is 4. The Labute approximate surface area is 143 Å². The van der Waals surface area contributed by atoms with Crippen LogP contribution in [0.5, 0.6) is 0 Å². The molecule has 1 atom stereocenters. The van der Waals surface area contributed by atoms with Crippen molar-refractivity contribution in [2.24, 2.45) is 7.05 Å². The summed E-state index contributed by atoms with van der Waals surface area (Å²) in [6, 6.07) is 0. The molecule has 23 heavy (non-hydrogen) atoms. The van der Waals surface area contributed by atoms with Crippen molar-refractivity contribution in [1.82, 2.24) is 9.47 Å². The van der Waals surface area contributed by atoms with Gasteiger partial charge in [-0.3, -0.25) is 9.69 Å². The maximum Gasteiger partial charge on any atom is 0.178 e. The molecule has 1 fully saturated rings. The summed E-state index contributed by atoms with van der Waals surface area (Å²) in [5, 5.41) is 0.0829. The molecule has 0 bridgehead atoms. The molecule has 0 N–H and O–H groups in total. The van der Waals surface area contributed by atoms with E-state index in [1.807, 2.05) is 19.3 Å². The van der Waals surface area contributed by atoms with E-state index in [0.717, 1.165) is 36.3 Å². The fourth-order valence-corrected chi connectivity index (χ4v) is 3.79. The van der Waals surface area contributed by atoms with Crippen LogP contribution in [-0.4, -0.2) is 40.3 Å². The smallest absolute Gasteiger partial charge is 0.178 e. The normalized spacial score (nSPS) is 22.2. The summed E-state index contributed by atoms with van der Waals surface area (Å²) in [5.41, 5.74) is 4.24. The van der Waals surface area contributed by atoms with Crippen molar-refractivity contribution in [3.63, 3.8) is 0 Å². The molecule has 0 aromatic carbocycles. The number of carbonyl (C=O) groups is 1. The Bertz CT molecular complexity index is 651. The molecule has 1 aliphatic carbocycles. The Morgan fingerprint density at radius 2 is 2.04 bits per heavy atom. The van der Waals surface area contributed by atoms with E-state index >= 15 is 0 Å². The predicted molar refractivity (Wildman–Crippen MR) is 96.1 cm³/mol. The molecule has 1 aliphatic heterocycles. The second-order valence-electron chi connectivity index (χ2n) is 6.66. The molecule has 0 radical (unpaired) electrons. The van der Waals surface area contributed by atoms with Gasteiger partial charge in [0.25, 0.3) is 0 Å². The lowest BCUT2D eigenvalue weighted by Crippen LogP contribution is -2.34. The number of hydrogen-bond acceptors (Lipinski definition) is 2.